The molecule has 2 N–H and O–H groups in total. The summed E-state index contributed by atoms with van der Waals surface area (Å²) in [6.07, 6.45) is 0. The number of hydrogen-bond acceptors (Lipinski definition) is 6. The van der Waals surface area contributed by atoms with Crippen LogP contribution in [0.25, 0.3) is 0 Å². The van der Waals surface area contributed by atoms with Gasteiger partial charge in [0, 0.05) is 16.9 Å². The Kier molecular flexibility index (Phi) is 7.78. The number of hydrogen-bond donors (Lipinski definition) is 2. The van der Waals surface area contributed by atoms with E-state index >= 15 is 0 Å². The fraction of sp³-hybridized carbons (Fsp3) is 0.208. The maximum atomic E-state index is 12.7. The lowest BCUT2D eigenvalue weighted by Gasteiger charge is -2.13. The zero-order valence-electron chi connectivity index (χ0n) is 18.6. The maximum absolute atomic E-state index is 12.7. The molecule has 0 bridgehead atoms. The van der Waals surface area contributed by atoms with Crippen LogP contribution in [0.4, 0.5) is 11.4 Å². The first-order valence-corrected chi connectivity index (χ1v) is 11.8. The SMILES string of the molecule is CCOc1ccc(C(=O)Nc2ccc(S(=O)(=O)Nc3ccc(OC)cc3)cc2)cc1OCC. The molecule has 0 saturated carbocycles. The van der Waals surface area contributed by atoms with E-state index in [-0.39, 0.29) is 10.8 Å². The Morgan fingerprint density at radius 2 is 1.42 bits per heavy atom. The van der Waals surface area contributed by atoms with Crippen LogP contribution in [0.15, 0.2) is 71.6 Å². The number of carbonyl (C=O) groups is 1. The summed E-state index contributed by atoms with van der Waals surface area (Å²) in [5.41, 5.74) is 1.25. The van der Waals surface area contributed by atoms with Gasteiger partial charge in [-0.25, -0.2) is 8.42 Å². The first-order valence-electron chi connectivity index (χ1n) is 10.3. The van der Waals surface area contributed by atoms with E-state index in [9.17, 15) is 13.2 Å². The van der Waals surface area contributed by atoms with Crippen molar-refractivity contribution >= 4 is 27.3 Å². The molecule has 0 fully saturated rings. The third-order valence-electron chi connectivity index (χ3n) is 4.57. The molecule has 3 rings (SSSR count). The lowest BCUT2D eigenvalue weighted by Crippen LogP contribution is -2.14. The second-order valence-corrected chi connectivity index (χ2v) is 8.52. The Morgan fingerprint density at radius 1 is 0.818 bits per heavy atom. The number of amides is 1. The summed E-state index contributed by atoms with van der Waals surface area (Å²) >= 11 is 0. The molecule has 0 aliphatic heterocycles. The van der Waals surface area contributed by atoms with E-state index in [0.717, 1.165) is 0 Å². The van der Waals surface area contributed by atoms with Crippen molar-refractivity contribution in [1.82, 2.24) is 0 Å². The van der Waals surface area contributed by atoms with Crippen molar-refractivity contribution in [2.24, 2.45) is 0 Å². The zero-order valence-corrected chi connectivity index (χ0v) is 19.4. The van der Waals surface area contributed by atoms with Crippen LogP contribution in [-0.2, 0) is 10.0 Å². The van der Waals surface area contributed by atoms with Gasteiger partial charge in [-0.2, -0.15) is 0 Å². The highest BCUT2D eigenvalue weighted by Gasteiger charge is 2.16. The van der Waals surface area contributed by atoms with Crippen molar-refractivity contribution in [2.75, 3.05) is 30.4 Å². The minimum atomic E-state index is -3.79. The van der Waals surface area contributed by atoms with Crippen LogP contribution >= 0.6 is 0 Å². The molecule has 0 unspecified atom stereocenters. The molecule has 0 aromatic heterocycles. The third-order valence-corrected chi connectivity index (χ3v) is 5.97. The second-order valence-electron chi connectivity index (χ2n) is 6.84. The van der Waals surface area contributed by atoms with E-state index in [2.05, 4.69) is 10.0 Å². The largest absolute Gasteiger partial charge is 0.497 e. The van der Waals surface area contributed by atoms with Gasteiger partial charge in [-0.05, 0) is 80.6 Å². The van der Waals surface area contributed by atoms with Gasteiger partial charge in [0.05, 0.1) is 25.2 Å². The number of methoxy groups -OCH3 is 1. The van der Waals surface area contributed by atoms with E-state index in [4.69, 9.17) is 14.2 Å². The Morgan fingerprint density at radius 3 is 2.03 bits per heavy atom. The third kappa shape index (κ3) is 6.17. The van der Waals surface area contributed by atoms with Crippen molar-refractivity contribution in [3.05, 3.63) is 72.3 Å². The van der Waals surface area contributed by atoms with Crippen LogP contribution in [0, 0.1) is 0 Å². The highest BCUT2D eigenvalue weighted by Crippen LogP contribution is 2.29. The highest BCUT2D eigenvalue weighted by atomic mass is 32.2. The number of anilines is 2. The minimum absolute atomic E-state index is 0.0658. The molecular weight excluding hydrogens is 444 g/mol. The van der Waals surface area contributed by atoms with E-state index in [1.54, 1.807) is 42.5 Å². The average Bonchev–Trinajstić information content (AvgIpc) is 2.81. The van der Waals surface area contributed by atoms with Crippen LogP contribution in [0.2, 0.25) is 0 Å². The van der Waals surface area contributed by atoms with Gasteiger partial charge in [-0.1, -0.05) is 0 Å². The summed E-state index contributed by atoms with van der Waals surface area (Å²) in [6, 6.07) is 17.4. The van der Waals surface area contributed by atoms with Crippen LogP contribution in [0.3, 0.4) is 0 Å². The predicted octanol–water partition coefficient (Wildman–Crippen LogP) is 4.55. The van der Waals surface area contributed by atoms with Crippen LogP contribution < -0.4 is 24.2 Å². The predicted molar refractivity (Wildman–Crippen MR) is 127 cm³/mol. The van der Waals surface area contributed by atoms with Gasteiger partial charge in [0.2, 0.25) is 0 Å². The summed E-state index contributed by atoms with van der Waals surface area (Å²) in [7, 11) is -2.25. The average molecular weight is 471 g/mol. The number of ether oxygens (including phenoxy) is 3. The van der Waals surface area contributed by atoms with Crippen LogP contribution in [-0.4, -0.2) is 34.6 Å². The van der Waals surface area contributed by atoms with Crippen molar-refractivity contribution in [1.29, 1.82) is 0 Å². The molecule has 8 nitrogen and oxygen atoms in total. The van der Waals surface area contributed by atoms with E-state index in [1.165, 1.54) is 31.4 Å². The molecule has 3 aromatic carbocycles. The molecule has 0 spiro atoms. The molecule has 0 heterocycles. The Labute approximate surface area is 193 Å². The first-order chi connectivity index (χ1) is 15.9. The Bertz CT molecular complexity index is 1190. The normalized spacial score (nSPS) is 10.9. The summed E-state index contributed by atoms with van der Waals surface area (Å²) in [5, 5.41) is 2.76. The van der Waals surface area contributed by atoms with E-state index < -0.39 is 10.0 Å². The number of nitrogens with one attached hydrogen (secondary N) is 2. The standard InChI is InChI=1S/C24H26N2O6S/c1-4-31-22-15-6-17(16-23(22)32-5-2)24(27)25-18-9-13-21(14-10-18)33(28,29)26-19-7-11-20(30-3)12-8-19/h6-16,26H,4-5H2,1-3H3,(H,25,27). The number of carbonyl (C=O) groups excluding carboxylic acids is 1. The molecule has 1 amide bonds. The Hall–Kier alpha value is -3.72. The molecule has 0 aliphatic rings. The molecule has 0 aliphatic carbocycles. The molecule has 33 heavy (non-hydrogen) atoms. The van der Waals surface area contributed by atoms with Crippen LogP contribution in [0.5, 0.6) is 17.2 Å². The smallest absolute Gasteiger partial charge is 0.261 e. The van der Waals surface area contributed by atoms with Gasteiger partial charge in [0.15, 0.2) is 11.5 Å². The van der Waals surface area contributed by atoms with Crippen LogP contribution in [0.1, 0.15) is 24.2 Å². The van der Waals surface area contributed by atoms with Crippen molar-refractivity contribution in [2.45, 2.75) is 18.7 Å². The molecule has 9 heteroatoms. The van der Waals surface area contributed by atoms with Gasteiger partial charge < -0.3 is 19.5 Å². The van der Waals surface area contributed by atoms with Gasteiger partial charge in [-0.15, -0.1) is 0 Å². The molecule has 3 aromatic rings. The van der Waals surface area contributed by atoms with Gasteiger partial charge in [0.25, 0.3) is 15.9 Å². The summed E-state index contributed by atoms with van der Waals surface area (Å²) in [6.45, 7) is 4.63. The molecular formula is C24H26N2O6S. The Balaban J connectivity index is 1.70. The highest BCUT2D eigenvalue weighted by molar-refractivity contribution is 7.92. The fourth-order valence-electron chi connectivity index (χ4n) is 2.99. The fourth-order valence-corrected chi connectivity index (χ4v) is 4.04. The monoisotopic (exact) mass is 470 g/mol. The molecule has 0 atom stereocenters. The molecule has 174 valence electrons. The van der Waals surface area contributed by atoms with Gasteiger partial charge in [-0.3, -0.25) is 9.52 Å². The summed E-state index contributed by atoms with van der Waals surface area (Å²) in [4.78, 5) is 12.7. The van der Waals surface area contributed by atoms with E-state index in [1.807, 2.05) is 13.8 Å². The molecule has 0 radical (unpaired) electrons. The quantitative estimate of drug-likeness (QED) is 0.451. The molecule has 0 saturated heterocycles. The first kappa shape index (κ1) is 23.9. The minimum Gasteiger partial charge on any atom is -0.497 e. The van der Waals surface area contributed by atoms with Crippen molar-refractivity contribution < 1.29 is 27.4 Å². The van der Waals surface area contributed by atoms with E-state index in [0.29, 0.717) is 47.4 Å². The maximum Gasteiger partial charge on any atom is 0.261 e. The summed E-state index contributed by atoms with van der Waals surface area (Å²) in [5.74, 6) is 1.32. The topological polar surface area (TPSA) is 103 Å². The number of rotatable bonds is 10. The number of sulfonamides is 1. The zero-order chi connectivity index (χ0) is 23.8. The lowest BCUT2D eigenvalue weighted by atomic mass is 10.2. The second kappa shape index (κ2) is 10.7. The summed E-state index contributed by atoms with van der Waals surface area (Å²) < 4.78 is 43.9. The van der Waals surface area contributed by atoms with Gasteiger partial charge >= 0.3 is 0 Å². The number of benzene rings is 3. The van der Waals surface area contributed by atoms with Crippen molar-refractivity contribution in [3.63, 3.8) is 0 Å². The van der Waals surface area contributed by atoms with Crippen molar-refractivity contribution in [3.8, 4) is 17.2 Å². The van der Waals surface area contributed by atoms with Gasteiger partial charge in [0.1, 0.15) is 5.75 Å². The lowest BCUT2D eigenvalue weighted by molar-refractivity contribution is 0.102.